The summed E-state index contributed by atoms with van der Waals surface area (Å²) in [7, 11) is 1.91. The lowest BCUT2D eigenvalue weighted by atomic mass is 10.0. The van der Waals surface area contributed by atoms with Crippen LogP contribution >= 0.6 is 0 Å². The zero-order valence-electron chi connectivity index (χ0n) is 12.6. The van der Waals surface area contributed by atoms with Crippen LogP contribution in [0.1, 0.15) is 54.4 Å². The first-order valence-electron chi connectivity index (χ1n) is 6.64. The number of hydrogen-bond acceptors (Lipinski definition) is 2. The Bertz CT molecular complexity index is 231. The fraction of sp³-hybridized carbons (Fsp3) is 0.929. The standard InChI is InChI=1S/C14H30N2O/c1-11(2)10-12(3)16(7)13(17)8-9-15-14(4,5)6/h11-12,15H,8-10H2,1-7H3. The molecule has 0 aromatic rings. The van der Waals surface area contributed by atoms with E-state index in [9.17, 15) is 4.79 Å². The molecule has 0 fully saturated rings. The van der Waals surface area contributed by atoms with Gasteiger partial charge >= 0.3 is 0 Å². The maximum absolute atomic E-state index is 11.9. The highest BCUT2D eigenvalue weighted by Crippen LogP contribution is 2.10. The third-order valence-electron chi connectivity index (χ3n) is 2.86. The average Bonchev–Trinajstić information content (AvgIpc) is 2.13. The number of carbonyl (C=O) groups excluding carboxylic acids is 1. The number of rotatable bonds is 6. The van der Waals surface area contributed by atoms with E-state index >= 15 is 0 Å². The SMILES string of the molecule is CC(C)CC(C)N(C)C(=O)CCNC(C)(C)C. The Morgan fingerprint density at radius 3 is 2.18 bits per heavy atom. The Kier molecular flexibility index (Phi) is 6.76. The zero-order chi connectivity index (χ0) is 13.6. The second kappa shape index (κ2) is 7.00. The van der Waals surface area contributed by atoms with E-state index in [-0.39, 0.29) is 11.4 Å². The van der Waals surface area contributed by atoms with E-state index in [4.69, 9.17) is 0 Å². The molecule has 0 aliphatic rings. The Morgan fingerprint density at radius 1 is 1.24 bits per heavy atom. The van der Waals surface area contributed by atoms with E-state index in [1.54, 1.807) is 0 Å². The van der Waals surface area contributed by atoms with Gasteiger partial charge in [0.25, 0.3) is 0 Å². The van der Waals surface area contributed by atoms with Crippen LogP contribution in [0.3, 0.4) is 0 Å². The molecule has 17 heavy (non-hydrogen) atoms. The summed E-state index contributed by atoms with van der Waals surface area (Å²) in [6.07, 6.45) is 1.64. The lowest BCUT2D eigenvalue weighted by molar-refractivity contribution is -0.131. The number of hydrogen-bond donors (Lipinski definition) is 1. The fourth-order valence-corrected chi connectivity index (χ4v) is 1.81. The maximum atomic E-state index is 11.9. The zero-order valence-corrected chi connectivity index (χ0v) is 12.6. The van der Waals surface area contributed by atoms with Crippen LogP contribution in [0.5, 0.6) is 0 Å². The van der Waals surface area contributed by atoms with Gasteiger partial charge < -0.3 is 10.2 Å². The van der Waals surface area contributed by atoms with Crippen molar-refractivity contribution in [3.8, 4) is 0 Å². The maximum Gasteiger partial charge on any atom is 0.223 e. The van der Waals surface area contributed by atoms with Gasteiger partial charge in [0.2, 0.25) is 5.91 Å². The average molecular weight is 242 g/mol. The van der Waals surface area contributed by atoms with Crippen molar-refractivity contribution >= 4 is 5.91 Å². The topological polar surface area (TPSA) is 32.3 Å². The Morgan fingerprint density at radius 2 is 1.76 bits per heavy atom. The predicted molar refractivity (Wildman–Crippen MR) is 74.1 cm³/mol. The van der Waals surface area contributed by atoms with Crippen LogP contribution in [0.15, 0.2) is 0 Å². The molecule has 0 aliphatic carbocycles. The summed E-state index contributed by atoms with van der Waals surface area (Å²) in [5.74, 6) is 0.864. The Labute approximate surface area is 107 Å². The molecular formula is C14H30N2O. The van der Waals surface area contributed by atoms with Crippen LogP contribution < -0.4 is 5.32 Å². The normalized spacial score (nSPS) is 13.9. The van der Waals surface area contributed by atoms with Gasteiger partial charge in [0.15, 0.2) is 0 Å². The third-order valence-corrected chi connectivity index (χ3v) is 2.86. The Balaban J connectivity index is 3.97. The molecule has 0 bridgehead atoms. The van der Waals surface area contributed by atoms with Gasteiger partial charge in [-0.1, -0.05) is 13.8 Å². The number of nitrogens with zero attached hydrogens (tertiary/aromatic N) is 1. The van der Waals surface area contributed by atoms with Crippen LogP contribution in [0.25, 0.3) is 0 Å². The lowest BCUT2D eigenvalue weighted by Gasteiger charge is -2.27. The molecule has 3 heteroatoms. The molecule has 0 aromatic heterocycles. The summed E-state index contributed by atoms with van der Waals surface area (Å²) < 4.78 is 0. The van der Waals surface area contributed by atoms with Gasteiger partial charge in [0, 0.05) is 31.6 Å². The molecule has 1 amide bonds. The third kappa shape index (κ3) is 8.19. The second-order valence-corrected chi connectivity index (χ2v) is 6.41. The molecule has 1 N–H and O–H groups in total. The van der Waals surface area contributed by atoms with Crippen LogP contribution in [0.2, 0.25) is 0 Å². The summed E-state index contributed by atoms with van der Waals surface area (Å²) in [5, 5.41) is 3.34. The van der Waals surface area contributed by atoms with Crippen molar-refractivity contribution in [1.82, 2.24) is 10.2 Å². The summed E-state index contributed by atoms with van der Waals surface area (Å²) in [5.41, 5.74) is 0.0857. The van der Waals surface area contributed by atoms with Crippen LogP contribution in [-0.4, -0.2) is 36.0 Å². The summed E-state index contributed by atoms with van der Waals surface area (Å²) in [6.45, 7) is 13.6. The molecular weight excluding hydrogens is 212 g/mol. The van der Waals surface area contributed by atoms with Gasteiger partial charge in [-0.05, 0) is 40.0 Å². The van der Waals surface area contributed by atoms with Crippen LogP contribution in [0.4, 0.5) is 0 Å². The van der Waals surface area contributed by atoms with Crippen molar-refractivity contribution in [2.45, 2.75) is 66.0 Å². The lowest BCUT2D eigenvalue weighted by Crippen LogP contribution is -2.41. The van der Waals surface area contributed by atoms with Crippen molar-refractivity contribution in [1.29, 1.82) is 0 Å². The highest BCUT2D eigenvalue weighted by molar-refractivity contribution is 5.76. The first-order chi connectivity index (χ1) is 7.63. The summed E-state index contributed by atoms with van der Waals surface area (Å²) >= 11 is 0. The number of amides is 1. The van der Waals surface area contributed by atoms with Crippen molar-refractivity contribution in [2.75, 3.05) is 13.6 Å². The van der Waals surface area contributed by atoms with Crippen molar-refractivity contribution in [3.05, 3.63) is 0 Å². The highest BCUT2D eigenvalue weighted by atomic mass is 16.2. The molecule has 0 aliphatic heterocycles. The molecule has 0 heterocycles. The molecule has 0 saturated heterocycles. The van der Waals surface area contributed by atoms with E-state index in [0.29, 0.717) is 18.4 Å². The van der Waals surface area contributed by atoms with E-state index < -0.39 is 0 Å². The van der Waals surface area contributed by atoms with Gasteiger partial charge in [-0.2, -0.15) is 0 Å². The quantitative estimate of drug-likeness (QED) is 0.776. The molecule has 0 aromatic carbocycles. The monoisotopic (exact) mass is 242 g/mol. The minimum atomic E-state index is 0.0857. The molecule has 3 nitrogen and oxygen atoms in total. The van der Waals surface area contributed by atoms with E-state index in [2.05, 4.69) is 46.9 Å². The Hall–Kier alpha value is -0.570. The van der Waals surface area contributed by atoms with E-state index in [0.717, 1.165) is 13.0 Å². The van der Waals surface area contributed by atoms with Crippen molar-refractivity contribution in [2.24, 2.45) is 5.92 Å². The van der Waals surface area contributed by atoms with Gasteiger partial charge in [-0.25, -0.2) is 0 Å². The van der Waals surface area contributed by atoms with E-state index in [1.807, 2.05) is 11.9 Å². The number of nitrogens with one attached hydrogen (secondary N) is 1. The number of carbonyl (C=O) groups is 1. The smallest absolute Gasteiger partial charge is 0.223 e. The largest absolute Gasteiger partial charge is 0.343 e. The molecule has 102 valence electrons. The fourth-order valence-electron chi connectivity index (χ4n) is 1.81. The molecule has 1 unspecified atom stereocenters. The van der Waals surface area contributed by atoms with Gasteiger partial charge in [-0.15, -0.1) is 0 Å². The summed E-state index contributed by atoms with van der Waals surface area (Å²) in [4.78, 5) is 13.8. The first kappa shape index (κ1) is 16.4. The van der Waals surface area contributed by atoms with Crippen LogP contribution in [-0.2, 0) is 4.79 Å². The minimum absolute atomic E-state index is 0.0857. The van der Waals surface area contributed by atoms with E-state index in [1.165, 1.54) is 0 Å². The molecule has 0 radical (unpaired) electrons. The second-order valence-electron chi connectivity index (χ2n) is 6.41. The van der Waals surface area contributed by atoms with Gasteiger partial charge in [-0.3, -0.25) is 4.79 Å². The molecule has 0 rings (SSSR count). The van der Waals surface area contributed by atoms with Crippen molar-refractivity contribution in [3.63, 3.8) is 0 Å². The summed E-state index contributed by atoms with van der Waals surface area (Å²) in [6, 6.07) is 0.331. The molecule has 0 saturated carbocycles. The molecule has 1 atom stereocenters. The predicted octanol–water partition coefficient (Wildman–Crippen LogP) is 2.66. The first-order valence-corrected chi connectivity index (χ1v) is 6.64. The van der Waals surface area contributed by atoms with Gasteiger partial charge in [0.1, 0.15) is 0 Å². The van der Waals surface area contributed by atoms with Crippen molar-refractivity contribution < 1.29 is 4.79 Å². The highest BCUT2D eigenvalue weighted by Gasteiger charge is 2.17. The van der Waals surface area contributed by atoms with Gasteiger partial charge in [0.05, 0.1) is 0 Å². The minimum Gasteiger partial charge on any atom is -0.343 e. The molecule has 0 spiro atoms. The van der Waals surface area contributed by atoms with Crippen LogP contribution in [0, 0.1) is 5.92 Å².